The maximum Gasteiger partial charge on any atom is 0.334 e. The number of anilines is 1. The van der Waals surface area contributed by atoms with Crippen molar-refractivity contribution in [2.24, 2.45) is 5.92 Å². The molecule has 246 valence electrons. The van der Waals surface area contributed by atoms with Crippen molar-refractivity contribution in [1.29, 1.82) is 0 Å². The summed E-state index contributed by atoms with van der Waals surface area (Å²) in [6.07, 6.45) is 8.94. The van der Waals surface area contributed by atoms with Crippen molar-refractivity contribution >= 4 is 26.0 Å². The van der Waals surface area contributed by atoms with E-state index >= 15 is 0 Å². The fourth-order valence-electron chi connectivity index (χ4n) is 6.65. The standard InChI is InChI=1S/C32H51N5O5S2/c1-35(2)30-15-17-31(18-16-30)43(38,39)33-20-9-21-36(26-27-11-5-3-6-12-27)22-10-23-37-24-19-29(28-13-7-4-8-14-28)25-32(37)34-44(40,41)42/h4,7-8,13-18,27,29,32-34H,3,5-6,9-12,19-26H2,1-2H3,(H,40,41,42). The third-order valence-corrected chi connectivity index (χ3v) is 11.1. The summed E-state index contributed by atoms with van der Waals surface area (Å²) in [6, 6.07) is 17.0. The van der Waals surface area contributed by atoms with Crippen LogP contribution in [-0.2, 0) is 20.3 Å². The van der Waals surface area contributed by atoms with E-state index in [4.69, 9.17) is 0 Å². The van der Waals surface area contributed by atoms with E-state index in [-0.39, 0.29) is 10.8 Å². The highest BCUT2D eigenvalue weighted by molar-refractivity contribution is 7.89. The van der Waals surface area contributed by atoms with Gasteiger partial charge in [-0.2, -0.15) is 13.1 Å². The maximum atomic E-state index is 12.9. The van der Waals surface area contributed by atoms with Crippen LogP contribution in [0.25, 0.3) is 0 Å². The first-order valence-electron chi connectivity index (χ1n) is 16.0. The smallest absolute Gasteiger partial charge is 0.334 e. The molecule has 0 amide bonds. The average molecular weight is 650 g/mol. The molecule has 3 N–H and O–H groups in total. The molecule has 0 aromatic heterocycles. The van der Waals surface area contributed by atoms with E-state index in [9.17, 15) is 21.4 Å². The molecule has 1 saturated carbocycles. The molecular formula is C32H51N5O5S2. The molecule has 2 aromatic carbocycles. The molecule has 1 aliphatic heterocycles. The molecule has 2 fully saturated rings. The summed E-state index contributed by atoms with van der Waals surface area (Å²) in [6.45, 7) is 4.47. The van der Waals surface area contributed by atoms with Crippen molar-refractivity contribution in [3.8, 4) is 0 Å². The van der Waals surface area contributed by atoms with E-state index < -0.39 is 26.5 Å². The van der Waals surface area contributed by atoms with Gasteiger partial charge >= 0.3 is 10.3 Å². The minimum atomic E-state index is -4.34. The predicted octanol–water partition coefficient (Wildman–Crippen LogP) is 4.29. The summed E-state index contributed by atoms with van der Waals surface area (Å²) >= 11 is 0. The topological polar surface area (TPSA) is 122 Å². The molecule has 44 heavy (non-hydrogen) atoms. The van der Waals surface area contributed by atoms with Gasteiger partial charge in [-0.05, 0) is 93.3 Å². The first kappa shape index (κ1) is 34.8. The number of hydrogen-bond donors (Lipinski definition) is 3. The van der Waals surface area contributed by atoms with Crippen molar-refractivity contribution in [3.63, 3.8) is 0 Å². The average Bonchev–Trinajstić information content (AvgIpc) is 3.00. The Bertz CT molecular complexity index is 1350. The van der Waals surface area contributed by atoms with Crippen molar-refractivity contribution in [2.45, 2.75) is 74.8 Å². The van der Waals surface area contributed by atoms with Crippen molar-refractivity contribution < 1.29 is 21.4 Å². The van der Waals surface area contributed by atoms with Gasteiger partial charge < -0.3 is 9.80 Å². The van der Waals surface area contributed by atoms with Crippen LogP contribution in [0, 0.1) is 5.92 Å². The van der Waals surface area contributed by atoms with Crippen LogP contribution in [0.15, 0.2) is 59.5 Å². The van der Waals surface area contributed by atoms with Crippen molar-refractivity contribution in [2.75, 3.05) is 58.3 Å². The Hall–Kier alpha value is -2.06. The first-order valence-corrected chi connectivity index (χ1v) is 19.0. The van der Waals surface area contributed by atoms with E-state index in [2.05, 4.69) is 31.4 Å². The van der Waals surface area contributed by atoms with Gasteiger partial charge in [-0.15, -0.1) is 0 Å². The molecule has 4 rings (SSSR count). The number of likely N-dealkylation sites (tertiary alicyclic amines) is 1. The number of nitrogens with zero attached hydrogens (tertiary/aromatic N) is 3. The molecule has 2 aliphatic rings. The Morgan fingerprint density at radius 1 is 0.886 bits per heavy atom. The highest BCUT2D eigenvalue weighted by Gasteiger charge is 2.31. The van der Waals surface area contributed by atoms with Crippen molar-refractivity contribution in [1.82, 2.24) is 19.2 Å². The fourth-order valence-corrected chi connectivity index (χ4v) is 8.31. The van der Waals surface area contributed by atoms with Crippen LogP contribution in [-0.4, -0.2) is 90.7 Å². The molecule has 1 aliphatic carbocycles. The fraction of sp³-hybridized carbons (Fsp3) is 0.625. The third kappa shape index (κ3) is 11.1. The lowest BCUT2D eigenvalue weighted by Gasteiger charge is -2.39. The molecule has 12 heteroatoms. The number of benzene rings is 2. The summed E-state index contributed by atoms with van der Waals surface area (Å²) in [5, 5.41) is 0. The van der Waals surface area contributed by atoms with Crippen LogP contribution < -0.4 is 14.3 Å². The van der Waals surface area contributed by atoms with Gasteiger partial charge in [-0.25, -0.2) is 13.1 Å². The minimum absolute atomic E-state index is 0.226. The zero-order valence-corrected chi connectivity index (χ0v) is 27.9. The second-order valence-corrected chi connectivity index (χ2v) is 15.5. The quantitative estimate of drug-likeness (QED) is 0.182. The van der Waals surface area contributed by atoms with Gasteiger partial charge in [-0.1, -0.05) is 49.6 Å². The molecule has 0 radical (unpaired) electrons. The number of hydrogen-bond acceptors (Lipinski definition) is 7. The number of sulfonamides is 1. The van der Waals surface area contributed by atoms with E-state index in [1.165, 1.54) is 37.7 Å². The Kier molecular flexibility index (Phi) is 13.0. The molecule has 2 atom stereocenters. The number of nitrogens with one attached hydrogen (secondary N) is 2. The van der Waals surface area contributed by atoms with E-state index in [0.29, 0.717) is 31.8 Å². The number of piperidine rings is 1. The Morgan fingerprint density at radius 2 is 1.57 bits per heavy atom. The minimum Gasteiger partial charge on any atom is -0.378 e. The zero-order valence-electron chi connectivity index (χ0n) is 26.3. The Labute approximate surface area is 265 Å². The number of rotatable bonds is 16. The summed E-state index contributed by atoms with van der Waals surface area (Å²) in [5.74, 6) is 0.885. The van der Waals surface area contributed by atoms with Gasteiger partial charge in [0.1, 0.15) is 0 Å². The summed E-state index contributed by atoms with van der Waals surface area (Å²) in [5.41, 5.74) is 2.14. The molecular weight excluding hydrogens is 599 g/mol. The van der Waals surface area contributed by atoms with Crippen LogP contribution >= 0.6 is 0 Å². The molecule has 10 nitrogen and oxygen atoms in total. The SMILES string of the molecule is CN(C)c1ccc(S(=O)(=O)NCCCN(CCCN2CCC(c3ccccc3)CC2NS(=O)(=O)O)CC2CCCCC2)cc1. The highest BCUT2D eigenvalue weighted by atomic mass is 32.2. The van der Waals surface area contributed by atoms with E-state index in [1.54, 1.807) is 24.3 Å². The van der Waals surface area contributed by atoms with Crippen LogP contribution in [0.2, 0.25) is 0 Å². The Balaban J connectivity index is 1.30. The zero-order chi connectivity index (χ0) is 31.6. The first-order chi connectivity index (χ1) is 21.0. The molecule has 0 bridgehead atoms. The highest BCUT2D eigenvalue weighted by Crippen LogP contribution is 2.31. The van der Waals surface area contributed by atoms with Gasteiger partial charge in [-0.3, -0.25) is 9.45 Å². The van der Waals surface area contributed by atoms with Crippen LogP contribution in [0.5, 0.6) is 0 Å². The molecule has 2 unspecified atom stereocenters. The molecule has 1 heterocycles. The Morgan fingerprint density at radius 3 is 2.23 bits per heavy atom. The van der Waals surface area contributed by atoms with Crippen LogP contribution in [0.4, 0.5) is 5.69 Å². The molecule has 0 spiro atoms. The van der Waals surface area contributed by atoms with Gasteiger partial charge in [0.25, 0.3) is 0 Å². The normalized spacial score (nSPS) is 20.6. The van der Waals surface area contributed by atoms with Crippen LogP contribution in [0.1, 0.15) is 69.3 Å². The van der Waals surface area contributed by atoms with Gasteiger partial charge in [0.05, 0.1) is 11.1 Å². The largest absolute Gasteiger partial charge is 0.378 e. The molecule has 1 saturated heterocycles. The second-order valence-electron chi connectivity index (χ2n) is 12.6. The maximum absolute atomic E-state index is 12.9. The van der Waals surface area contributed by atoms with E-state index in [1.807, 2.05) is 37.2 Å². The van der Waals surface area contributed by atoms with Crippen molar-refractivity contribution in [3.05, 3.63) is 60.2 Å². The lowest BCUT2D eigenvalue weighted by atomic mass is 9.88. The van der Waals surface area contributed by atoms with Gasteiger partial charge in [0, 0.05) is 46.0 Å². The molecule has 2 aromatic rings. The van der Waals surface area contributed by atoms with Crippen LogP contribution in [0.3, 0.4) is 0 Å². The van der Waals surface area contributed by atoms with Gasteiger partial charge in [0.2, 0.25) is 10.0 Å². The third-order valence-electron chi connectivity index (χ3n) is 9.04. The predicted molar refractivity (Wildman–Crippen MR) is 177 cm³/mol. The summed E-state index contributed by atoms with van der Waals surface area (Å²) in [4.78, 5) is 6.80. The summed E-state index contributed by atoms with van der Waals surface area (Å²) < 4.78 is 64.1. The van der Waals surface area contributed by atoms with Gasteiger partial charge in [0.15, 0.2) is 0 Å². The summed E-state index contributed by atoms with van der Waals surface area (Å²) in [7, 11) is -4.07. The monoisotopic (exact) mass is 649 g/mol. The lowest BCUT2D eigenvalue weighted by Crippen LogP contribution is -2.52. The van der Waals surface area contributed by atoms with E-state index in [0.717, 1.165) is 44.7 Å². The second kappa shape index (κ2) is 16.5. The lowest BCUT2D eigenvalue weighted by molar-refractivity contribution is 0.113.